The topological polar surface area (TPSA) is 142 Å². The van der Waals surface area contributed by atoms with Gasteiger partial charge in [-0.05, 0) is 29.6 Å². The van der Waals surface area contributed by atoms with Crippen molar-refractivity contribution in [1.82, 2.24) is 0 Å². The summed E-state index contributed by atoms with van der Waals surface area (Å²) in [5, 5.41) is 63.9. The first-order valence-electron chi connectivity index (χ1n) is 9.17. The molecule has 7 heteroatoms. The van der Waals surface area contributed by atoms with Crippen molar-refractivity contribution in [3.8, 4) is 0 Å². The summed E-state index contributed by atoms with van der Waals surface area (Å²) in [6.07, 6.45) is -4.87. The zero-order chi connectivity index (χ0) is 21.3. The molecule has 0 radical (unpaired) electrons. The van der Waals surface area contributed by atoms with Crippen molar-refractivity contribution in [1.29, 1.82) is 0 Å². The maximum absolute atomic E-state index is 9.57. The lowest BCUT2D eigenvalue weighted by Crippen LogP contribution is -2.46. The molecular weight excluding hydrogens is 340 g/mol. The lowest BCUT2D eigenvalue weighted by molar-refractivity contribution is -0.121. The molecule has 0 rings (SSSR count). The maximum Gasteiger partial charge on any atom is 0.110 e. The van der Waals surface area contributed by atoms with Crippen molar-refractivity contribution in [2.75, 3.05) is 13.2 Å². The van der Waals surface area contributed by atoms with Gasteiger partial charge in [-0.25, -0.2) is 0 Å². The number of aliphatic hydroxyl groups is 7. The monoisotopic (exact) mass is 382 g/mol. The molecule has 7 N–H and O–H groups in total. The molecule has 0 spiro atoms. The largest absolute Gasteiger partial charge is 0.394 e. The predicted molar refractivity (Wildman–Crippen MR) is 102 cm³/mol. The fraction of sp³-hybridized carbons (Fsp3) is 1.00. The van der Waals surface area contributed by atoms with Gasteiger partial charge in [0.1, 0.15) is 18.3 Å². The zero-order valence-electron chi connectivity index (χ0n) is 17.4. The summed E-state index contributed by atoms with van der Waals surface area (Å²) >= 11 is 0. The molecule has 0 fully saturated rings. The Bertz CT molecular complexity index is 349. The summed E-state index contributed by atoms with van der Waals surface area (Å²) in [6.45, 7) is 13.2. The summed E-state index contributed by atoms with van der Waals surface area (Å²) in [5.74, 6) is 0.181. The number of hydrogen-bond acceptors (Lipinski definition) is 7. The third-order valence-electron chi connectivity index (χ3n) is 3.93. The summed E-state index contributed by atoms with van der Waals surface area (Å²) in [5.41, 5.74) is 0.0415. The summed E-state index contributed by atoms with van der Waals surface area (Å²) in [7, 11) is 0. The van der Waals surface area contributed by atoms with Gasteiger partial charge in [-0.15, -0.1) is 0 Å². The Morgan fingerprint density at radius 3 is 1.23 bits per heavy atom. The Morgan fingerprint density at radius 1 is 0.577 bits per heavy atom. The van der Waals surface area contributed by atoms with E-state index in [1.165, 1.54) is 0 Å². The molecule has 0 amide bonds. The lowest BCUT2D eigenvalue weighted by Gasteiger charge is -2.29. The molecule has 0 heterocycles. The van der Waals surface area contributed by atoms with Crippen LogP contribution in [-0.4, -0.2) is 79.5 Å². The highest BCUT2D eigenvalue weighted by molar-refractivity contribution is 4.83. The molecule has 26 heavy (non-hydrogen) atoms. The normalized spacial score (nSPS) is 19.6. The number of hydrogen-bond donors (Lipinski definition) is 7. The second-order valence-electron chi connectivity index (χ2n) is 9.56. The second-order valence-corrected chi connectivity index (χ2v) is 9.56. The highest BCUT2D eigenvalue weighted by Crippen LogP contribution is 2.26. The van der Waals surface area contributed by atoms with Crippen molar-refractivity contribution in [3.05, 3.63) is 0 Å². The van der Waals surface area contributed by atoms with Gasteiger partial charge in [0.2, 0.25) is 0 Å². The quantitative estimate of drug-likeness (QED) is 0.319. The van der Waals surface area contributed by atoms with Crippen LogP contribution in [0.1, 0.15) is 61.3 Å². The second kappa shape index (κ2) is 12.2. The van der Waals surface area contributed by atoms with E-state index >= 15 is 0 Å². The maximum atomic E-state index is 9.57. The van der Waals surface area contributed by atoms with Crippen LogP contribution in [0.15, 0.2) is 0 Å². The molecule has 0 saturated carbocycles. The smallest absolute Gasteiger partial charge is 0.110 e. The van der Waals surface area contributed by atoms with Gasteiger partial charge < -0.3 is 35.7 Å². The van der Waals surface area contributed by atoms with Crippen LogP contribution in [0, 0.1) is 16.7 Å². The van der Waals surface area contributed by atoms with Gasteiger partial charge in [0.05, 0.1) is 25.4 Å². The Kier molecular flexibility index (Phi) is 13.1. The van der Waals surface area contributed by atoms with Gasteiger partial charge >= 0.3 is 0 Å². The van der Waals surface area contributed by atoms with Gasteiger partial charge in [0.25, 0.3) is 0 Å². The van der Waals surface area contributed by atoms with E-state index in [9.17, 15) is 20.4 Å². The molecule has 6 atom stereocenters. The fourth-order valence-electron chi connectivity index (χ4n) is 2.59. The third-order valence-corrected chi connectivity index (χ3v) is 3.93. The van der Waals surface area contributed by atoms with Crippen LogP contribution < -0.4 is 0 Å². The first kappa shape index (κ1) is 27.9. The van der Waals surface area contributed by atoms with Crippen LogP contribution in [0.5, 0.6) is 0 Å². The highest BCUT2D eigenvalue weighted by Gasteiger charge is 2.32. The van der Waals surface area contributed by atoms with E-state index in [1.807, 2.05) is 27.7 Å². The number of rotatable bonds is 8. The Labute approximate surface area is 158 Å². The van der Waals surface area contributed by atoms with Gasteiger partial charge in [-0.3, -0.25) is 0 Å². The zero-order valence-corrected chi connectivity index (χ0v) is 17.4. The van der Waals surface area contributed by atoms with Crippen LogP contribution in [0.3, 0.4) is 0 Å². The minimum atomic E-state index is -1.53. The van der Waals surface area contributed by atoms with Crippen molar-refractivity contribution in [2.45, 2.75) is 91.8 Å². The molecule has 0 aliphatic rings. The first-order chi connectivity index (χ1) is 11.6. The molecule has 0 aromatic heterocycles. The SMILES string of the molecule is CC(C)(C)CC(O)C(O)C(O)C(O)CO.CC(CC(C)(C)C)C(O)CO. The van der Waals surface area contributed by atoms with E-state index in [0.717, 1.165) is 6.42 Å². The lowest BCUT2D eigenvalue weighted by atomic mass is 9.83. The molecule has 0 aromatic rings. The molecule has 0 saturated heterocycles. The van der Waals surface area contributed by atoms with E-state index in [0.29, 0.717) is 6.42 Å². The predicted octanol–water partition coefficient (Wildman–Crippen LogP) is 0.270. The molecular formula is C19H42O7. The standard InChI is InChI=1S/C10H22O5.C9H20O2/c1-10(2,3)4-6(12)8(14)9(15)7(13)5-11;1-7(8(11)6-10)5-9(2,3)4/h6-9,11-15H,4-5H2,1-3H3;7-8,10-11H,5-6H2,1-4H3. The molecule has 0 bridgehead atoms. The van der Waals surface area contributed by atoms with E-state index < -0.39 is 37.1 Å². The fourth-order valence-corrected chi connectivity index (χ4v) is 2.59. The minimum Gasteiger partial charge on any atom is -0.394 e. The van der Waals surface area contributed by atoms with E-state index in [2.05, 4.69) is 20.8 Å². The van der Waals surface area contributed by atoms with Gasteiger partial charge in [0.15, 0.2) is 0 Å². The van der Waals surface area contributed by atoms with Gasteiger partial charge in [0, 0.05) is 0 Å². The molecule has 6 unspecified atom stereocenters. The van der Waals surface area contributed by atoms with Crippen LogP contribution in [0.25, 0.3) is 0 Å². The Hall–Kier alpha value is -0.280. The molecule has 160 valence electrons. The Morgan fingerprint density at radius 2 is 0.923 bits per heavy atom. The van der Waals surface area contributed by atoms with Crippen LogP contribution >= 0.6 is 0 Å². The van der Waals surface area contributed by atoms with Crippen molar-refractivity contribution in [2.24, 2.45) is 16.7 Å². The van der Waals surface area contributed by atoms with Gasteiger partial charge in [-0.1, -0.05) is 48.5 Å². The third kappa shape index (κ3) is 13.9. The van der Waals surface area contributed by atoms with E-state index in [-0.39, 0.29) is 23.4 Å². The molecule has 0 aliphatic carbocycles. The van der Waals surface area contributed by atoms with Crippen LogP contribution in [-0.2, 0) is 0 Å². The van der Waals surface area contributed by atoms with Crippen molar-refractivity contribution < 1.29 is 35.7 Å². The first-order valence-corrected chi connectivity index (χ1v) is 9.17. The summed E-state index contributed by atoms with van der Waals surface area (Å²) < 4.78 is 0. The minimum absolute atomic E-state index is 0.128. The molecule has 7 nitrogen and oxygen atoms in total. The van der Waals surface area contributed by atoms with E-state index in [4.69, 9.17) is 15.3 Å². The van der Waals surface area contributed by atoms with Gasteiger partial charge in [-0.2, -0.15) is 0 Å². The Balaban J connectivity index is 0. The highest BCUT2D eigenvalue weighted by atomic mass is 16.4. The summed E-state index contributed by atoms with van der Waals surface area (Å²) in [6, 6.07) is 0. The average molecular weight is 383 g/mol. The molecule has 0 aromatic carbocycles. The van der Waals surface area contributed by atoms with Crippen molar-refractivity contribution >= 4 is 0 Å². The number of aliphatic hydroxyl groups excluding tert-OH is 7. The van der Waals surface area contributed by atoms with Crippen LogP contribution in [0.4, 0.5) is 0 Å². The van der Waals surface area contributed by atoms with Crippen LogP contribution in [0.2, 0.25) is 0 Å². The molecule has 0 aliphatic heterocycles. The van der Waals surface area contributed by atoms with Crippen molar-refractivity contribution in [3.63, 3.8) is 0 Å². The average Bonchev–Trinajstić information content (AvgIpc) is 2.48. The summed E-state index contributed by atoms with van der Waals surface area (Å²) in [4.78, 5) is 0. The van der Waals surface area contributed by atoms with E-state index in [1.54, 1.807) is 0 Å².